The first-order valence-corrected chi connectivity index (χ1v) is 7.73. The van der Waals surface area contributed by atoms with E-state index in [4.69, 9.17) is 0 Å². The van der Waals surface area contributed by atoms with Gasteiger partial charge in [0.15, 0.2) is 5.96 Å². The van der Waals surface area contributed by atoms with E-state index in [9.17, 15) is 0 Å². The fourth-order valence-corrected chi connectivity index (χ4v) is 1.87. The molecule has 0 aliphatic heterocycles. The minimum Gasteiger partial charge on any atom is -0.357 e. The maximum absolute atomic E-state index is 4.60. The van der Waals surface area contributed by atoms with Crippen LogP contribution in [0.4, 0.5) is 0 Å². The number of aryl methyl sites for hydroxylation is 1. The molecule has 0 fully saturated rings. The fourth-order valence-electron chi connectivity index (χ4n) is 1.56. The number of hydrogen-bond acceptors (Lipinski definition) is 2. The van der Waals surface area contributed by atoms with E-state index in [0.717, 1.165) is 31.3 Å². The maximum atomic E-state index is 4.60. The van der Waals surface area contributed by atoms with Gasteiger partial charge in [0.05, 0.1) is 6.54 Å². The Balaban J connectivity index is 2.56. The van der Waals surface area contributed by atoms with Crippen LogP contribution in [0.2, 0.25) is 0 Å². The average molecular weight is 265 g/mol. The van der Waals surface area contributed by atoms with Crippen LogP contribution in [0.1, 0.15) is 18.1 Å². The highest BCUT2D eigenvalue weighted by atomic mass is 32.2. The third kappa shape index (κ3) is 5.45. The number of hydrogen-bond donors (Lipinski definition) is 2. The molecule has 0 spiro atoms. The van der Waals surface area contributed by atoms with Crippen LogP contribution in [-0.4, -0.2) is 31.1 Å². The lowest BCUT2D eigenvalue weighted by Crippen LogP contribution is -2.38. The molecule has 0 atom stereocenters. The van der Waals surface area contributed by atoms with Gasteiger partial charge in [0.2, 0.25) is 0 Å². The van der Waals surface area contributed by atoms with Gasteiger partial charge in [0, 0.05) is 18.8 Å². The molecule has 0 aromatic heterocycles. The van der Waals surface area contributed by atoms with E-state index in [2.05, 4.69) is 60.0 Å². The molecule has 0 saturated heterocycles. The van der Waals surface area contributed by atoms with Gasteiger partial charge in [-0.15, -0.1) is 0 Å². The quantitative estimate of drug-likeness (QED) is 0.471. The number of aliphatic imine (C=N–C) groups is 1. The van der Waals surface area contributed by atoms with Crippen molar-refractivity contribution in [1.82, 2.24) is 10.6 Å². The summed E-state index contributed by atoms with van der Waals surface area (Å²) >= 11 is 1.83. The van der Waals surface area contributed by atoms with Crippen molar-refractivity contribution in [3.05, 3.63) is 35.4 Å². The van der Waals surface area contributed by atoms with Crippen molar-refractivity contribution in [2.75, 3.05) is 25.1 Å². The van der Waals surface area contributed by atoms with Crippen LogP contribution in [0.15, 0.2) is 29.3 Å². The van der Waals surface area contributed by atoms with Gasteiger partial charge in [-0.1, -0.05) is 24.3 Å². The van der Waals surface area contributed by atoms with Crippen LogP contribution in [-0.2, 0) is 6.54 Å². The third-order valence-corrected chi connectivity index (χ3v) is 3.22. The molecule has 0 aliphatic rings. The normalized spacial score (nSPS) is 11.4. The third-order valence-electron chi connectivity index (χ3n) is 2.61. The number of nitrogens with one attached hydrogen (secondary N) is 2. The first-order valence-electron chi connectivity index (χ1n) is 6.33. The largest absolute Gasteiger partial charge is 0.357 e. The zero-order valence-electron chi connectivity index (χ0n) is 11.5. The predicted octanol–water partition coefficient (Wildman–Crippen LogP) is 2.41. The summed E-state index contributed by atoms with van der Waals surface area (Å²) in [6.07, 6.45) is 2.11. The van der Waals surface area contributed by atoms with Crippen molar-refractivity contribution >= 4 is 17.7 Å². The molecule has 0 aliphatic carbocycles. The molecule has 1 aromatic carbocycles. The molecule has 100 valence electrons. The summed E-state index contributed by atoms with van der Waals surface area (Å²) in [5.74, 6) is 1.99. The number of guanidine groups is 1. The molecule has 4 heteroatoms. The standard InChI is InChI=1S/C14H23N3S/c1-4-15-14(16-9-10-18-3)17-11-13-8-6-5-7-12(13)2/h5-8H,4,9-11H2,1-3H3,(H2,15,16,17). The summed E-state index contributed by atoms with van der Waals surface area (Å²) in [6, 6.07) is 8.37. The minimum atomic E-state index is 0.723. The van der Waals surface area contributed by atoms with Gasteiger partial charge in [-0.2, -0.15) is 11.8 Å². The highest BCUT2D eigenvalue weighted by Gasteiger charge is 1.98. The van der Waals surface area contributed by atoms with Gasteiger partial charge in [-0.3, -0.25) is 0 Å². The van der Waals surface area contributed by atoms with Crippen molar-refractivity contribution in [1.29, 1.82) is 0 Å². The Bertz CT molecular complexity index is 377. The van der Waals surface area contributed by atoms with Gasteiger partial charge < -0.3 is 10.6 Å². The Labute approximate surface area is 114 Å². The molecule has 2 N–H and O–H groups in total. The summed E-state index contributed by atoms with van der Waals surface area (Å²) < 4.78 is 0. The van der Waals surface area contributed by atoms with E-state index >= 15 is 0 Å². The summed E-state index contributed by atoms with van der Waals surface area (Å²) in [7, 11) is 0. The highest BCUT2D eigenvalue weighted by molar-refractivity contribution is 7.98. The molecule has 18 heavy (non-hydrogen) atoms. The van der Waals surface area contributed by atoms with E-state index in [1.54, 1.807) is 0 Å². The van der Waals surface area contributed by atoms with Crippen molar-refractivity contribution in [3.63, 3.8) is 0 Å². The summed E-state index contributed by atoms with van der Waals surface area (Å²) in [4.78, 5) is 4.60. The molecule has 0 bridgehead atoms. The smallest absolute Gasteiger partial charge is 0.191 e. The van der Waals surface area contributed by atoms with Crippen LogP contribution < -0.4 is 10.6 Å². The highest BCUT2D eigenvalue weighted by Crippen LogP contribution is 2.07. The van der Waals surface area contributed by atoms with Crippen molar-refractivity contribution in [2.24, 2.45) is 4.99 Å². The van der Waals surface area contributed by atoms with E-state index in [0.29, 0.717) is 0 Å². The molecule has 1 aromatic rings. The summed E-state index contributed by atoms with van der Waals surface area (Å²) in [5.41, 5.74) is 2.57. The van der Waals surface area contributed by atoms with E-state index in [-0.39, 0.29) is 0 Å². The topological polar surface area (TPSA) is 36.4 Å². The van der Waals surface area contributed by atoms with Crippen molar-refractivity contribution in [2.45, 2.75) is 20.4 Å². The second kappa shape index (κ2) is 8.86. The lowest BCUT2D eigenvalue weighted by molar-refractivity contribution is 0.842. The van der Waals surface area contributed by atoms with Crippen molar-refractivity contribution in [3.8, 4) is 0 Å². The first-order chi connectivity index (χ1) is 8.77. The summed E-state index contributed by atoms with van der Waals surface area (Å²) in [6.45, 7) is 6.76. The number of benzene rings is 1. The number of nitrogens with zero attached hydrogens (tertiary/aromatic N) is 1. The molecule has 0 saturated carbocycles. The Morgan fingerprint density at radius 1 is 1.28 bits per heavy atom. The van der Waals surface area contributed by atoms with E-state index in [1.165, 1.54) is 11.1 Å². The Morgan fingerprint density at radius 3 is 2.72 bits per heavy atom. The molecule has 0 amide bonds. The van der Waals surface area contributed by atoms with Gasteiger partial charge >= 0.3 is 0 Å². The first kappa shape index (κ1) is 14.9. The molecule has 0 radical (unpaired) electrons. The molecule has 0 heterocycles. The van der Waals surface area contributed by atoms with Crippen LogP contribution in [0.3, 0.4) is 0 Å². The summed E-state index contributed by atoms with van der Waals surface area (Å²) in [5, 5.41) is 6.59. The Morgan fingerprint density at radius 2 is 2.06 bits per heavy atom. The monoisotopic (exact) mass is 265 g/mol. The zero-order valence-corrected chi connectivity index (χ0v) is 12.3. The van der Waals surface area contributed by atoms with Crippen LogP contribution >= 0.6 is 11.8 Å². The van der Waals surface area contributed by atoms with E-state index in [1.807, 2.05) is 11.8 Å². The Kier molecular flexibility index (Phi) is 7.34. The fraction of sp³-hybridized carbons (Fsp3) is 0.500. The van der Waals surface area contributed by atoms with E-state index < -0.39 is 0 Å². The maximum Gasteiger partial charge on any atom is 0.191 e. The van der Waals surface area contributed by atoms with Gasteiger partial charge in [-0.25, -0.2) is 4.99 Å². The zero-order chi connectivity index (χ0) is 13.2. The second-order valence-electron chi connectivity index (χ2n) is 4.04. The Hall–Kier alpha value is -1.16. The lowest BCUT2D eigenvalue weighted by Gasteiger charge is -2.11. The second-order valence-corrected chi connectivity index (χ2v) is 5.03. The molecular weight excluding hydrogens is 242 g/mol. The van der Waals surface area contributed by atoms with Crippen LogP contribution in [0.25, 0.3) is 0 Å². The molecule has 0 unspecified atom stereocenters. The van der Waals surface area contributed by atoms with Crippen LogP contribution in [0.5, 0.6) is 0 Å². The van der Waals surface area contributed by atoms with Gasteiger partial charge in [0.25, 0.3) is 0 Å². The van der Waals surface area contributed by atoms with Gasteiger partial charge in [-0.05, 0) is 31.2 Å². The minimum absolute atomic E-state index is 0.723. The number of thioether (sulfide) groups is 1. The predicted molar refractivity (Wildman–Crippen MR) is 82.4 cm³/mol. The SMILES string of the molecule is CCNC(=NCc1ccccc1C)NCCSC. The number of rotatable bonds is 6. The van der Waals surface area contributed by atoms with Gasteiger partial charge in [0.1, 0.15) is 0 Å². The molecule has 3 nitrogen and oxygen atoms in total. The molecule has 1 rings (SSSR count). The lowest BCUT2D eigenvalue weighted by atomic mass is 10.1. The molecular formula is C14H23N3S. The van der Waals surface area contributed by atoms with Crippen molar-refractivity contribution < 1.29 is 0 Å². The average Bonchev–Trinajstić information content (AvgIpc) is 2.38. The van der Waals surface area contributed by atoms with Crippen LogP contribution in [0, 0.1) is 6.92 Å².